The number of carbonyl (C=O) groups is 3. The van der Waals surface area contributed by atoms with E-state index in [1.54, 1.807) is 13.0 Å². The van der Waals surface area contributed by atoms with Gasteiger partial charge in [0.1, 0.15) is 5.00 Å². The van der Waals surface area contributed by atoms with Gasteiger partial charge >= 0.3 is 5.97 Å². The maximum absolute atomic E-state index is 11.8. The van der Waals surface area contributed by atoms with E-state index in [-0.39, 0.29) is 12.2 Å². The van der Waals surface area contributed by atoms with Gasteiger partial charge in [0.25, 0.3) is 0 Å². The standard InChI is InChI=1S/C14H17NO5S/c1-3-5-9-8-10(14(19)20-4-2)13(21-9)15-11(16)6-7-12(17)18/h6-8H,3-5H2,1-2H3,(H,15,16)(H,17,18)/p-1/b7-6+. The van der Waals surface area contributed by atoms with E-state index in [9.17, 15) is 19.5 Å². The van der Waals surface area contributed by atoms with Crippen LogP contribution in [0.5, 0.6) is 0 Å². The lowest BCUT2D eigenvalue weighted by Crippen LogP contribution is -2.20. The maximum atomic E-state index is 11.8. The van der Waals surface area contributed by atoms with Crippen molar-refractivity contribution in [3.8, 4) is 0 Å². The quantitative estimate of drug-likeness (QED) is 0.601. The molecule has 0 unspecified atom stereocenters. The Morgan fingerprint density at radius 2 is 2.05 bits per heavy atom. The second-order valence-corrected chi connectivity index (χ2v) is 5.20. The van der Waals surface area contributed by atoms with E-state index in [0.29, 0.717) is 11.1 Å². The molecule has 0 spiro atoms. The molecule has 0 bridgehead atoms. The lowest BCUT2D eigenvalue weighted by atomic mass is 10.2. The van der Waals surface area contributed by atoms with Crippen LogP contribution in [0.4, 0.5) is 5.00 Å². The van der Waals surface area contributed by atoms with Crippen LogP contribution in [0.3, 0.4) is 0 Å². The van der Waals surface area contributed by atoms with Crippen LogP contribution in [0.25, 0.3) is 0 Å². The molecule has 1 heterocycles. The number of esters is 1. The van der Waals surface area contributed by atoms with Gasteiger partial charge in [0.05, 0.1) is 18.1 Å². The Bertz CT molecular complexity index is 562. The summed E-state index contributed by atoms with van der Waals surface area (Å²) in [5, 5.41) is 13.1. The summed E-state index contributed by atoms with van der Waals surface area (Å²) in [7, 11) is 0. The zero-order valence-electron chi connectivity index (χ0n) is 11.8. The number of carboxylic acid groups (broad SMARTS) is 1. The molecular weight excluding hydrogens is 294 g/mol. The molecule has 6 nitrogen and oxygen atoms in total. The Kier molecular flexibility index (Phi) is 6.61. The van der Waals surface area contributed by atoms with Gasteiger partial charge in [-0.1, -0.05) is 13.3 Å². The highest BCUT2D eigenvalue weighted by atomic mass is 32.1. The number of aryl methyl sites for hydroxylation is 1. The lowest BCUT2D eigenvalue weighted by molar-refractivity contribution is -0.297. The third-order valence-corrected chi connectivity index (χ3v) is 3.49. The van der Waals surface area contributed by atoms with Crippen LogP contribution in [0.15, 0.2) is 18.2 Å². The van der Waals surface area contributed by atoms with Crippen LogP contribution in [-0.2, 0) is 20.7 Å². The summed E-state index contributed by atoms with van der Waals surface area (Å²) in [5.74, 6) is -2.63. The Hall–Kier alpha value is -2.15. The molecule has 1 amide bonds. The highest BCUT2D eigenvalue weighted by Crippen LogP contribution is 2.29. The molecule has 1 rings (SSSR count). The summed E-state index contributed by atoms with van der Waals surface area (Å²) in [6.07, 6.45) is 3.14. The Morgan fingerprint density at radius 3 is 2.62 bits per heavy atom. The minimum Gasteiger partial charge on any atom is -0.545 e. The third-order valence-electron chi connectivity index (χ3n) is 2.38. The first-order chi connectivity index (χ1) is 9.97. The fourth-order valence-corrected chi connectivity index (χ4v) is 2.71. The summed E-state index contributed by atoms with van der Waals surface area (Å²) in [5.41, 5.74) is 0.278. The summed E-state index contributed by atoms with van der Waals surface area (Å²) >= 11 is 1.27. The van der Waals surface area contributed by atoms with Crippen LogP contribution in [-0.4, -0.2) is 24.5 Å². The number of aliphatic carboxylic acids is 1. The van der Waals surface area contributed by atoms with Gasteiger partial charge < -0.3 is 20.0 Å². The van der Waals surface area contributed by atoms with Crippen molar-refractivity contribution in [2.75, 3.05) is 11.9 Å². The first-order valence-electron chi connectivity index (χ1n) is 6.47. The zero-order valence-corrected chi connectivity index (χ0v) is 12.6. The molecule has 0 aliphatic rings. The highest BCUT2D eigenvalue weighted by molar-refractivity contribution is 7.16. The van der Waals surface area contributed by atoms with Gasteiger partial charge in [-0.15, -0.1) is 11.3 Å². The van der Waals surface area contributed by atoms with Crippen molar-refractivity contribution in [3.63, 3.8) is 0 Å². The van der Waals surface area contributed by atoms with Crippen molar-refractivity contribution in [3.05, 3.63) is 28.7 Å². The van der Waals surface area contributed by atoms with Crippen molar-refractivity contribution < 1.29 is 24.2 Å². The van der Waals surface area contributed by atoms with Gasteiger partial charge in [0.15, 0.2) is 0 Å². The Balaban J connectivity index is 2.95. The van der Waals surface area contributed by atoms with E-state index < -0.39 is 17.8 Å². The molecule has 0 atom stereocenters. The molecule has 0 aliphatic heterocycles. The van der Waals surface area contributed by atoms with Crippen LogP contribution in [0, 0.1) is 0 Å². The molecule has 114 valence electrons. The fourth-order valence-electron chi connectivity index (χ4n) is 1.56. The van der Waals surface area contributed by atoms with Crippen LogP contribution in [0.2, 0.25) is 0 Å². The van der Waals surface area contributed by atoms with Crippen molar-refractivity contribution in [1.82, 2.24) is 0 Å². The van der Waals surface area contributed by atoms with Crippen molar-refractivity contribution >= 4 is 34.2 Å². The molecule has 0 saturated carbocycles. The second-order valence-electron chi connectivity index (χ2n) is 4.07. The molecule has 0 saturated heterocycles. The van der Waals surface area contributed by atoms with Crippen LogP contribution in [0.1, 0.15) is 35.5 Å². The first-order valence-corrected chi connectivity index (χ1v) is 7.29. The second kappa shape index (κ2) is 8.21. The summed E-state index contributed by atoms with van der Waals surface area (Å²) in [4.78, 5) is 34.6. The molecule has 0 aromatic carbocycles. The van der Waals surface area contributed by atoms with Gasteiger partial charge in [-0.25, -0.2) is 4.79 Å². The third kappa shape index (κ3) is 5.39. The summed E-state index contributed by atoms with van der Waals surface area (Å²) < 4.78 is 4.93. The molecule has 1 N–H and O–H groups in total. The molecule has 1 aromatic rings. The summed E-state index contributed by atoms with van der Waals surface area (Å²) in [6, 6.07) is 1.68. The number of rotatable bonds is 7. The predicted octanol–water partition coefficient (Wildman–Crippen LogP) is 1.12. The van der Waals surface area contributed by atoms with Gasteiger partial charge in [-0.2, -0.15) is 0 Å². The minimum atomic E-state index is -1.46. The largest absolute Gasteiger partial charge is 0.545 e. The normalized spacial score (nSPS) is 10.6. The van der Waals surface area contributed by atoms with Crippen molar-refractivity contribution in [2.45, 2.75) is 26.7 Å². The Morgan fingerprint density at radius 1 is 1.33 bits per heavy atom. The number of amides is 1. The molecule has 0 fully saturated rings. The number of ether oxygens (including phenoxy) is 1. The van der Waals surface area contributed by atoms with Gasteiger partial charge in [-0.05, 0) is 25.5 Å². The molecule has 1 aromatic heterocycles. The molecular formula is C14H16NO5S-. The Labute approximate surface area is 126 Å². The highest BCUT2D eigenvalue weighted by Gasteiger charge is 2.18. The number of anilines is 1. The van der Waals surface area contributed by atoms with E-state index in [1.807, 2.05) is 6.92 Å². The van der Waals surface area contributed by atoms with E-state index >= 15 is 0 Å². The lowest BCUT2D eigenvalue weighted by Gasteiger charge is -2.03. The number of carboxylic acids is 1. The van der Waals surface area contributed by atoms with Gasteiger partial charge in [0.2, 0.25) is 5.91 Å². The van der Waals surface area contributed by atoms with E-state index in [2.05, 4.69) is 5.32 Å². The van der Waals surface area contributed by atoms with Gasteiger partial charge in [-0.3, -0.25) is 4.79 Å². The maximum Gasteiger partial charge on any atom is 0.341 e. The van der Waals surface area contributed by atoms with Crippen molar-refractivity contribution in [1.29, 1.82) is 0 Å². The van der Waals surface area contributed by atoms with Crippen LogP contribution < -0.4 is 10.4 Å². The number of carbonyl (C=O) groups excluding carboxylic acids is 3. The molecule has 0 aliphatic carbocycles. The topological polar surface area (TPSA) is 95.5 Å². The predicted molar refractivity (Wildman–Crippen MR) is 77.0 cm³/mol. The van der Waals surface area contributed by atoms with Gasteiger partial charge in [0, 0.05) is 11.0 Å². The minimum absolute atomic E-state index is 0.232. The molecule has 0 radical (unpaired) electrons. The van der Waals surface area contributed by atoms with E-state index in [4.69, 9.17) is 4.74 Å². The SMILES string of the molecule is CCCc1cc(C(=O)OCC)c(NC(=O)/C=C/C(=O)[O-])s1. The van der Waals surface area contributed by atoms with Crippen LogP contribution >= 0.6 is 11.3 Å². The number of thiophene rings is 1. The number of hydrogen-bond donors (Lipinski definition) is 1. The smallest absolute Gasteiger partial charge is 0.341 e. The average molecular weight is 310 g/mol. The van der Waals surface area contributed by atoms with Crippen molar-refractivity contribution in [2.24, 2.45) is 0 Å². The zero-order chi connectivity index (χ0) is 15.8. The van der Waals surface area contributed by atoms with E-state index in [1.165, 1.54) is 11.3 Å². The first kappa shape index (κ1) is 16.9. The van der Waals surface area contributed by atoms with E-state index in [0.717, 1.165) is 23.8 Å². The number of hydrogen-bond acceptors (Lipinski definition) is 6. The summed E-state index contributed by atoms with van der Waals surface area (Å²) in [6.45, 7) is 3.93. The molecule has 7 heteroatoms. The fraction of sp³-hybridized carbons (Fsp3) is 0.357. The molecule has 21 heavy (non-hydrogen) atoms. The number of nitrogens with one attached hydrogen (secondary N) is 1. The average Bonchev–Trinajstić information content (AvgIpc) is 2.80. The monoisotopic (exact) mass is 310 g/mol.